The maximum atomic E-state index is 13.2. The van der Waals surface area contributed by atoms with E-state index in [2.05, 4.69) is 41.2 Å². The van der Waals surface area contributed by atoms with Crippen molar-refractivity contribution in [3.05, 3.63) is 71.3 Å². The summed E-state index contributed by atoms with van der Waals surface area (Å²) in [5, 5.41) is 7.04. The van der Waals surface area contributed by atoms with Crippen molar-refractivity contribution < 1.29 is 9.53 Å². The first-order valence-corrected chi connectivity index (χ1v) is 10.5. The first-order chi connectivity index (χ1) is 15.1. The number of morpholine rings is 1. The van der Waals surface area contributed by atoms with Gasteiger partial charge < -0.3 is 9.64 Å². The molecule has 31 heavy (non-hydrogen) atoms. The van der Waals surface area contributed by atoms with Crippen LogP contribution in [0.15, 0.2) is 65.3 Å². The topological polar surface area (TPSA) is 58.0 Å². The quantitative estimate of drug-likeness (QED) is 0.606. The second-order valence-electron chi connectivity index (χ2n) is 7.89. The third-order valence-corrected chi connectivity index (χ3v) is 5.65. The Balaban J connectivity index is 1.61. The van der Waals surface area contributed by atoms with Crippen LogP contribution >= 0.6 is 0 Å². The molecule has 156 valence electrons. The number of benzene rings is 2. The van der Waals surface area contributed by atoms with Crippen molar-refractivity contribution in [3.63, 3.8) is 0 Å². The third kappa shape index (κ3) is 3.70. The van der Waals surface area contributed by atoms with Gasteiger partial charge in [-0.1, -0.05) is 29.8 Å². The van der Waals surface area contributed by atoms with E-state index < -0.39 is 0 Å². The number of rotatable bonds is 3. The predicted octanol–water partition coefficient (Wildman–Crippen LogP) is 4.19. The van der Waals surface area contributed by atoms with Crippen LogP contribution < -0.4 is 9.91 Å². The van der Waals surface area contributed by atoms with Gasteiger partial charge in [-0.2, -0.15) is 10.1 Å². The summed E-state index contributed by atoms with van der Waals surface area (Å²) >= 11 is 0. The molecule has 6 heteroatoms. The van der Waals surface area contributed by atoms with Crippen LogP contribution in [0.1, 0.15) is 18.1 Å². The molecule has 0 spiro atoms. The molecule has 3 heterocycles. The van der Waals surface area contributed by atoms with Crippen LogP contribution in [-0.2, 0) is 9.53 Å². The van der Waals surface area contributed by atoms with Crippen molar-refractivity contribution in [2.24, 2.45) is 5.10 Å². The normalized spacial score (nSPS) is 18.2. The smallest absolute Gasteiger partial charge is 0.280 e. The lowest BCUT2D eigenvalue weighted by Crippen LogP contribution is -2.37. The van der Waals surface area contributed by atoms with Crippen LogP contribution in [0.5, 0.6) is 0 Å². The lowest BCUT2D eigenvalue weighted by molar-refractivity contribution is -0.114. The number of pyridine rings is 1. The fourth-order valence-corrected chi connectivity index (χ4v) is 4.02. The minimum absolute atomic E-state index is 0.124. The number of fused-ring (bicyclic) bond motifs is 1. The van der Waals surface area contributed by atoms with Gasteiger partial charge in [0.05, 0.1) is 35.7 Å². The minimum atomic E-state index is -0.124. The van der Waals surface area contributed by atoms with E-state index in [-0.39, 0.29) is 5.91 Å². The zero-order valence-electron chi connectivity index (χ0n) is 17.7. The summed E-state index contributed by atoms with van der Waals surface area (Å²) in [6.45, 7) is 6.84. The molecule has 3 aromatic rings. The molecule has 0 radical (unpaired) electrons. The molecule has 2 aliphatic rings. The van der Waals surface area contributed by atoms with E-state index in [0.717, 1.165) is 41.1 Å². The van der Waals surface area contributed by atoms with E-state index in [1.807, 2.05) is 43.3 Å². The van der Waals surface area contributed by atoms with Crippen molar-refractivity contribution >= 4 is 40.1 Å². The highest BCUT2D eigenvalue weighted by molar-refractivity contribution is 6.32. The number of carbonyl (C=O) groups is 1. The molecule has 0 aliphatic carbocycles. The lowest BCUT2D eigenvalue weighted by atomic mass is 10.0. The highest BCUT2D eigenvalue weighted by Gasteiger charge is 2.29. The number of carbonyl (C=O) groups excluding carboxylic acids is 1. The number of amides is 1. The number of aryl methyl sites for hydroxylation is 1. The fourth-order valence-electron chi connectivity index (χ4n) is 4.02. The average Bonchev–Trinajstić information content (AvgIpc) is 3.08. The van der Waals surface area contributed by atoms with E-state index in [4.69, 9.17) is 9.72 Å². The van der Waals surface area contributed by atoms with Crippen LogP contribution in [0, 0.1) is 6.92 Å². The minimum Gasteiger partial charge on any atom is -0.378 e. The van der Waals surface area contributed by atoms with Crippen LogP contribution in [0.2, 0.25) is 0 Å². The maximum absolute atomic E-state index is 13.2. The summed E-state index contributed by atoms with van der Waals surface area (Å²) < 4.78 is 5.53. The highest BCUT2D eigenvalue weighted by Crippen LogP contribution is 2.30. The van der Waals surface area contributed by atoms with Gasteiger partial charge in [-0.05, 0) is 50.3 Å². The van der Waals surface area contributed by atoms with Crippen molar-refractivity contribution in [3.8, 4) is 0 Å². The van der Waals surface area contributed by atoms with Gasteiger partial charge in [-0.3, -0.25) is 4.79 Å². The molecule has 1 amide bonds. The monoisotopic (exact) mass is 412 g/mol. The Kier molecular flexibility index (Phi) is 5.00. The van der Waals surface area contributed by atoms with Gasteiger partial charge in [0.2, 0.25) is 0 Å². The van der Waals surface area contributed by atoms with E-state index in [1.54, 1.807) is 0 Å². The van der Waals surface area contributed by atoms with Gasteiger partial charge in [-0.15, -0.1) is 0 Å². The summed E-state index contributed by atoms with van der Waals surface area (Å²) in [6, 6.07) is 17.9. The Morgan fingerprint density at radius 1 is 1.00 bits per heavy atom. The molecule has 0 unspecified atom stereocenters. The van der Waals surface area contributed by atoms with Crippen LogP contribution in [0.3, 0.4) is 0 Å². The van der Waals surface area contributed by atoms with Crippen molar-refractivity contribution in [1.29, 1.82) is 0 Å². The SMILES string of the molecule is CC1=NN(c2ccccc2)C(=O)C1=Cc1cc2cc(C)ccc2nc1N1CCOCC1. The van der Waals surface area contributed by atoms with Crippen LogP contribution in [-0.4, -0.2) is 42.9 Å². The summed E-state index contributed by atoms with van der Waals surface area (Å²) in [5.41, 5.74) is 5.10. The molecule has 6 nitrogen and oxygen atoms in total. The zero-order valence-corrected chi connectivity index (χ0v) is 17.7. The molecule has 5 rings (SSSR count). The fraction of sp³-hybridized carbons (Fsp3) is 0.240. The van der Waals surface area contributed by atoms with Gasteiger partial charge in [0, 0.05) is 24.0 Å². The number of hydrazone groups is 1. The summed E-state index contributed by atoms with van der Waals surface area (Å²) in [4.78, 5) is 20.4. The lowest BCUT2D eigenvalue weighted by Gasteiger charge is -2.29. The number of hydrogen-bond acceptors (Lipinski definition) is 5. The molecule has 1 saturated heterocycles. The Hall–Kier alpha value is -3.51. The standard InChI is InChI=1S/C25H24N4O2/c1-17-8-9-23-19(14-17)15-20(24(26-23)28-10-12-31-13-11-28)16-22-18(2)27-29(25(22)30)21-6-4-3-5-7-21/h3-9,14-16H,10-13H2,1-2H3. The maximum Gasteiger partial charge on any atom is 0.280 e. The van der Waals surface area contributed by atoms with Gasteiger partial charge in [0.15, 0.2) is 0 Å². The first kappa shape index (κ1) is 19.5. The number of ether oxygens (including phenoxy) is 1. The number of aromatic nitrogens is 1. The van der Waals surface area contributed by atoms with Gasteiger partial charge in [0.1, 0.15) is 5.82 Å². The van der Waals surface area contributed by atoms with Gasteiger partial charge in [-0.25, -0.2) is 4.98 Å². The Labute approximate surface area is 181 Å². The van der Waals surface area contributed by atoms with Gasteiger partial charge in [0.25, 0.3) is 5.91 Å². The summed E-state index contributed by atoms with van der Waals surface area (Å²) in [5.74, 6) is 0.756. The molecular formula is C25H24N4O2. The summed E-state index contributed by atoms with van der Waals surface area (Å²) in [6.07, 6.45) is 1.93. The molecule has 0 N–H and O–H groups in total. The predicted molar refractivity (Wildman–Crippen MR) is 125 cm³/mol. The highest BCUT2D eigenvalue weighted by atomic mass is 16.5. The van der Waals surface area contributed by atoms with Crippen molar-refractivity contribution in [2.45, 2.75) is 13.8 Å². The molecule has 0 atom stereocenters. The Bertz CT molecular complexity index is 1210. The molecule has 1 fully saturated rings. The second kappa shape index (κ2) is 7.96. The van der Waals surface area contributed by atoms with Gasteiger partial charge >= 0.3 is 0 Å². The van der Waals surface area contributed by atoms with E-state index in [0.29, 0.717) is 24.5 Å². The zero-order chi connectivity index (χ0) is 21.4. The molecule has 1 aromatic heterocycles. The molecule has 0 bridgehead atoms. The Morgan fingerprint density at radius 2 is 1.77 bits per heavy atom. The van der Waals surface area contributed by atoms with Crippen molar-refractivity contribution in [2.75, 3.05) is 36.2 Å². The molecule has 2 aliphatic heterocycles. The molecule has 2 aromatic carbocycles. The van der Waals surface area contributed by atoms with Crippen LogP contribution in [0.25, 0.3) is 17.0 Å². The largest absolute Gasteiger partial charge is 0.378 e. The number of anilines is 2. The van der Waals surface area contributed by atoms with E-state index >= 15 is 0 Å². The van der Waals surface area contributed by atoms with E-state index in [9.17, 15) is 4.79 Å². The van der Waals surface area contributed by atoms with Crippen molar-refractivity contribution in [1.82, 2.24) is 4.98 Å². The average molecular weight is 412 g/mol. The number of nitrogens with zero attached hydrogens (tertiary/aromatic N) is 4. The summed E-state index contributed by atoms with van der Waals surface area (Å²) in [7, 11) is 0. The second-order valence-corrected chi connectivity index (χ2v) is 7.89. The number of para-hydroxylation sites is 1. The van der Waals surface area contributed by atoms with E-state index in [1.165, 1.54) is 10.6 Å². The molecule has 0 saturated carbocycles. The Morgan fingerprint density at radius 3 is 2.55 bits per heavy atom. The van der Waals surface area contributed by atoms with Crippen LogP contribution in [0.4, 0.5) is 11.5 Å². The number of hydrogen-bond donors (Lipinski definition) is 0. The third-order valence-electron chi connectivity index (χ3n) is 5.65. The molecular weight excluding hydrogens is 388 g/mol. The first-order valence-electron chi connectivity index (χ1n) is 10.5.